The maximum Gasteiger partial charge on any atom is 0.126 e. The van der Waals surface area contributed by atoms with E-state index in [-0.39, 0.29) is 11.9 Å². The molecule has 0 radical (unpaired) electrons. The Balaban J connectivity index is 2.09. The Hall–Kier alpha value is -1.03. The maximum atomic E-state index is 13.4. The molecule has 4 heteroatoms. The van der Waals surface area contributed by atoms with E-state index >= 15 is 0 Å². The van der Waals surface area contributed by atoms with Crippen LogP contribution in [0.2, 0.25) is 5.02 Å². The number of rotatable bonds is 6. The lowest BCUT2D eigenvalue weighted by molar-refractivity contribution is 0.594. The summed E-state index contributed by atoms with van der Waals surface area (Å²) in [6, 6.07) is 13.3. The van der Waals surface area contributed by atoms with Gasteiger partial charge < -0.3 is 5.32 Å². The van der Waals surface area contributed by atoms with Crippen molar-refractivity contribution in [2.45, 2.75) is 24.8 Å². The van der Waals surface area contributed by atoms with Gasteiger partial charge in [0.2, 0.25) is 0 Å². The van der Waals surface area contributed by atoms with Crippen molar-refractivity contribution in [1.29, 1.82) is 0 Å². The lowest BCUT2D eigenvalue weighted by Crippen LogP contribution is -2.23. The van der Waals surface area contributed by atoms with Crippen LogP contribution in [0.15, 0.2) is 47.4 Å². The van der Waals surface area contributed by atoms with Crippen molar-refractivity contribution in [3.05, 3.63) is 64.4 Å². The normalized spacial score (nSPS) is 12.4. The number of thioether (sulfide) groups is 1. The van der Waals surface area contributed by atoms with Gasteiger partial charge in [0.1, 0.15) is 5.82 Å². The molecule has 0 bridgehead atoms. The molecule has 0 saturated carbocycles. The Morgan fingerprint density at radius 3 is 2.71 bits per heavy atom. The highest BCUT2D eigenvalue weighted by Crippen LogP contribution is 2.27. The number of hydrogen-bond acceptors (Lipinski definition) is 2. The smallest absolute Gasteiger partial charge is 0.126 e. The van der Waals surface area contributed by atoms with Crippen LogP contribution in [0.4, 0.5) is 4.39 Å². The lowest BCUT2D eigenvalue weighted by Gasteiger charge is -2.19. The minimum atomic E-state index is -0.156. The summed E-state index contributed by atoms with van der Waals surface area (Å²) in [7, 11) is 0. The van der Waals surface area contributed by atoms with Crippen molar-refractivity contribution < 1.29 is 4.39 Å². The fraction of sp³-hybridized carbons (Fsp3) is 0.294. The molecule has 0 aliphatic rings. The van der Waals surface area contributed by atoms with Crippen LogP contribution in [0.1, 0.15) is 24.1 Å². The van der Waals surface area contributed by atoms with Crippen LogP contribution in [-0.4, -0.2) is 12.3 Å². The van der Waals surface area contributed by atoms with E-state index < -0.39 is 0 Å². The van der Waals surface area contributed by atoms with E-state index in [2.05, 4.69) is 18.3 Å². The van der Waals surface area contributed by atoms with Crippen LogP contribution in [0.25, 0.3) is 0 Å². The number of nitrogens with one attached hydrogen (secondary N) is 1. The van der Waals surface area contributed by atoms with Gasteiger partial charge in [-0.2, -0.15) is 0 Å². The summed E-state index contributed by atoms with van der Waals surface area (Å²) in [5.74, 6) is 0.718. The predicted octanol–water partition coefficient (Wildman–Crippen LogP) is 5.23. The average molecular weight is 324 g/mol. The molecule has 21 heavy (non-hydrogen) atoms. The first-order valence-electron chi connectivity index (χ1n) is 6.98. The molecule has 1 unspecified atom stereocenters. The van der Waals surface area contributed by atoms with Crippen LogP contribution < -0.4 is 5.32 Å². The Morgan fingerprint density at radius 2 is 2.05 bits per heavy atom. The quantitative estimate of drug-likeness (QED) is 0.730. The Morgan fingerprint density at radius 1 is 1.24 bits per heavy atom. The minimum absolute atomic E-state index is 0.156. The average Bonchev–Trinajstić information content (AvgIpc) is 2.46. The van der Waals surface area contributed by atoms with Crippen molar-refractivity contribution in [2.24, 2.45) is 0 Å². The van der Waals surface area contributed by atoms with Crippen molar-refractivity contribution in [3.8, 4) is 0 Å². The summed E-state index contributed by atoms with van der Waals surface area (Å²) in [6.07, 6.45) is 0. The van der Waals surface area contributed by atoms with E-state index in [1.807, 2.05) is 30.3 Å². The zero-order chi connectivity index (χ0) is 15.2. The topological polar surface area (TPSA) is 12.0 Å². The molecule has 0 aliphatic carbocycles. The Bertz CT molecular complexity index is 603. The minimum Gasteiger partial charge on any atom is -0.309 e. The van der Waals surface area contributed by atoms with Gasteiger partial charge in [-0.1, -0.05) is 36.7 Å². The van der Waals surface area contributed by atoms with Crippen LogP contribution >= 0.6 is 23.4 Å². The van der Waals surface area contributed by atoms with E-state index in [4.69, 9.17) is 11.6 Å². The van der Waals surface area contributed by atoms with Crippen LogP contribution in [0, 0.1) is 12.7 Å². The third kappa shape index (κ3) is 4.73. The van der Waals surface area contributed by atoms with E-state index in [0.717, 1.165) is 27.8 Å². The second-order valence-electron chi connectivity index (χ2n) is 4.89. The van der Waals surface area contributed by atoms with Crippen molar-refractivity contribution in [3.63, 3.8) is 0 Å². The molecule has 0 aromatic heterocycles. The van der Waals surface area contributed by atoms with E-state index in [9.17, 15) is 4.39 Å². The predicted molar refractivity (Wildman–Crippen MR) is 89.7 cm³/mol. The highest BCUT2D eigenvalue weighted by Gasteiger charge is 2.12. The summed E-state index contributed by atoms with van der Waals surface area (Å²) in [4.78, 5) is 1.14. The summed E-state index contributed by atoms with van der Waals surface area (Å²) in [6.45, 7) is 4.75. The fourth-order valence-corrected chi connectivity index (χ4v) is 3.45. The molecule has 2 rings (SSSR count). The van der Waals surface area contributed by atoms with E-state index in [1.54, 1.807) is 24.8 Å². The lowest BCUT2D eigenvalue weighted by atomic mass is 10.1. The molecule has 0 saturated heterocycles. The van der Waals surface area contributed by atoms with Gasteiger partial charge in [-0.25, -0.2) is 4.39 Å². The monoisotopic (exact) mass is 323 g/mol. The van der Waals surface area contributed by atoms with Crippen molar-refractivity contribution in [1.82, 2.24) is 5.32 Å². The first-order chi connectivity index (χ1) is 10.1. The largest absolute Gasteiger partial charge is 0.309 e. The highest BCUT2D eigenvalue weighted by atomic mass is 35.5. The number of benzene rings is 2. The van der Waals surface area contributed by atoms with Crippen molar-refractivity contribution in [2.75, 3.05) is 12.3 Å². The summed E-state index contributed by atoms with van der Waals surface area (Å²) in [5, 5.41) is 4.20. The van der Waals surface area contributed by atoms with Crippen LogP contribution in [0.3, 0.4) is 0 Å². The molecule has 2 aromatic rings. The molecule has 1 atom stereocenters. The first-order valence-corrected chi connectivity index (χ1v) is 8.34. The molecular weight excluding hydrogens is 305 g/mol. The van der Waals surface area contributed by atoms with Gasteiger partial charge in [-0.3, -0.25) is 0 Å². The SMILES string of the molecule is CCNC(CSc1cccc(Cl)c1)c1ccc(F)c(C)c1. The van der Waals surface area contributed by atoms with Gasteiger partial charge in [-0.05, 0) is 48.9 Å². The van der Waals surface area contributed by atoms with Gasteiger partial charge in [0.05, 0.1) is 0 Å². The first kappa shape index (κ1) is 16.3. The molecule has 0 amide bonds. The molecule has 0 heterocycles. The summed E-state index contributed by atoms with van der Waals surface area (Å²) >= 11 is 7.75. The van der Waals surface area contributed by atoms with E-state index in [1.165, 1.54) is 0 Å². The zero-order valence-corrected chi connectivity index (χ0v) is 13.8. The summed E-state index contributed by atoms with van der Waals surface area (Å²) < 4.78 is 13.4. The highest BCUT2D eigenvalue weighted by molar-refractivity contribution is 7.99. The molecule has 0 spiro atoms. The van der Waals surface area contributed by atoms with Gasteiger partial charge in [0.15, 0.2) is 0 Å². The van der Waals surface area contributed by atoms with Gasteiger partial charge in [-0.15, -0.1) is 11.8 Å². The molecule has 1 nitrogen and oxygen atoms in total. The molecule has 112 valence electrons. The third-order valence-electron chi connectivity index (χ3n) is 3.25. The summed E-state index contributed by atoms with van der Waals surface area (Å²) in [5.41, 5.74) is 1.80. The number of aryl methyl sites for hydroxylation is 1. The zero-order valence-electron chi connectivity index (χ0n) is 12.2. The number of hydrogen-bond donors (Lipinski definition) is 1. The molecule has 0 aliphatic heterocycles. The van der Waals surface area contributed by atoms with Gasteiger partial charge >= 0.3 is 0 Å². The molecular formula is C17H19ClFNS. The Labute approximate surface area is 134 Å². The second kappa shape index (κ2) is 7.83. The van der Waals surface area contributed by atoms with Crippen molar-refractivity contribution >= 4 is 23.4 Å². The standard InChI is InChI=1S/C17H19ClFNS/c1-3-20-17(13-7-8-16(19)12(2)9-13)11-21-15-6-4-5-14(18)10-15/h4-10,17,20H,3,11H2,1-2H3. The van der Waals surface area contributed by atoms with Crippen LogP contribution in [0.5, 0.6) is 0 Å². The number of halogens is 2. The van der Waals surface area contributed by atoms with E-state index in [0.29, 0.717) is 5.56 Å². The third-order valence-corrected chi connectivity index (χ3v) is 4.57. The molecule has 2 aromatic carbocycles. The maximum absolute atomic E-state index is 13.4. The van der Waals surface area contributed by atoms with Gasteiger partial charge in [0, 0.05) is 21.7 Å². The van der Waals surface area contributed by atoms with Crippen LogP contribution in [-0.2, 0) is 0 Å². The van der Waals surface area contributed by atoms with Gasteiger partial charge in [0.25, 0.3) is 0 Å². The Kier molecular flexibility index (Phi) is 6.09. The molecule has 0 fully saturated rings. The second-order valence-corrected chi connectivity index (χ2v) is 6.42. The molecule has 1 N–H and O–H groups in total. The fourth-order valence-electron chi connectivity index (χ4n) is 2.14.